The summed E-state index contributed by atoms with van der Waals surface area (Å²) in [7, 11) is 0. The van der Waals surface area contributed by atoms with Crippen LogP contribution in [0.1, 0.15) is 11.8 Å². The Kier molecular flexibility index (Phi) is 4.26. The van der Waals surface area contributed by atoms with Crippen molar-refractivity contribution >= 4 is 23.5 Å². The third kappa shape index (κ3) is 2.63. The van der Waals surface area contributed by atoms with Crippen LogP contribution in [0.5, 0.6) is 0 Å². The largest absolute Gasteiger partial charge is 0.394 e. The smallest absolute Gasteiger partial charge is 0.351 e. The number of anilines is 1. The average molecular weight is 326 g/mol. The molecule has 1 aromatic heterocycles. The van der Waals surface area contributed by atoms with Gasteiger partial charge in [-0.25, -0.2) is 9.18 Å². The summed E-state index contributed by atoms with van der Waals surface area (Å²) in [4.78, 5) is 15.0. The maximum absolute atomic E-state index is 13.8. The highest BCUT2D eigenvalue weighted by Crippen LogP contribution is 2.43. The normalized spacial score (nSPS) is 28.3. The lowest BCUT2D eigenvalue weighted by Gasteiger charge is -2.20. The van der Waals surface area contributed by atoms with Crippen molar-refractivity contribution < 1.29 is 23.0 Å². The maximum atomic E-state index is 13.8. The van der Waals surface area contributed by atoms with Gasteiger partial charge < -0.3 is 15.6 Å². The predicted octanol–water partition coefficient (Wildman–Crippen LogP) is 0.898. The number of nitrogens with zero attached hydrogens (tertiary/aromatic N) is 2. The summed E-state index contributed by atoms with van der Waals surface area (Å²) in [5.41, 5.74) is 5.45. The van der Waals surface area contributed by atoms with Gasteiger partial charge in [-0.2, -0.15) is 13.8 Å². The molecule has 2 heterocycles. The van der Waals surface area contributed by atoms with Crippen LogP contribution in [0.3, 0.4) is 0 Å². The first kappa shape index (κ1) is 15.8. The number of rotatable bonds is 3. The fraction of sp³-hybridized carbons (Fsp3) is 0.455. The fourth-order valence-electron chi connectivity index (χ4n) is 1.96. The molecular weight excluding hydrogens is 315 g/mol. The highest BCUT2D eigenvalue weighted by atomic mass is 35.5. The molecule has 3 N–H and O–H groups in total. The quantitative estimate of drug-likeness (QED) is 0.861. The lowest BCUT2D eigenvalue weighted by Crippen LogP contribution is -2.40. The van der Waals surface area contributed by atoms with Gasteiger partial charge >= 0.3 is 11.6 Å². The lowest BCUT2D eigenvalue weighted by atomic mass is 10.1. The Bertz CT molecular complexity index is 622. The van der Waals surface area contributed by atoms with Crippen LogP contribution in [0.4, 0.5) is 19.0 Å². The molecule has 0 spiro atoms. The van der Waals surface area contributed by atoms with Crippen LogP contribution in [0.15, 0.2) is 16.5 Å². The second-order valence-electron chi connectivity index (χ2n) is 4.35. The number of hydrogen-bond donors (Lipinski definition) is 2. The monoisotopic (exact) mass is 325 g/mol. The highest BCUT2D eigenvalue weighted by Gasteiger charge is 2.60. The van der Waals surface area contributed by atoms with Gasteiger partial charge in [0.15, 0.2) is 6.17 Å². The van der Waals surface area contributed by atoms with Crippen molar-refractivity contribution in [3.8, 4) is 0 Å². The van der Waals surface area contributed by atoms with Gasteiger partial charge in [-0.15, -0.1) is 0 Å². The minimum Gasteiger partial charge on any atom is -0.394 e. The van der Waals surface area contributed by atoms with E-state index in [1.54, 1.807) is 0 Å². The zero-order chi connectivity index (χ0) is 15.8. The molecule has 2 rings (SSSR count). The molecule has 21 heavy (non-hydrogen) atoms. The second-order valence-corrected chi connectivity index (χ2v) is 4.60. The Morgan fingerprint density at radius 1 is 1.62 bits per heavy atom. The molecule has 1 aliphatic rings. The van der Waals surface area contributed by atoms with Gasteiger partial charge in [0.1, 0.15) is 11.9 Å². The molecule has 1 saturated heterocycles. The van der Waals surface area contributed by atoms with Crippen LogP contribution in [-0.4, -0.2) is 39.5 Å². The van der Waals surface area contributed by atoms with E-state index >= 15 is 0 Å². The Hall–Kier alpha value is -1.58. The van der Waals surface area contributed by atoms with E-state index in [9.17, 15) is 18.0 Å². The standard InChI is InChI=1S/C11H11ClF3N3O3/c12-2-1-5-3-18(10(20)17-8(5)16)9-11(14,15)7(13)6(4-19)21-9/h1-3,6-7,9,19H,4H2,(H2,16,17,20)/b2-1+. The maximum Gasteiger partial charge on any atom is 0.351 e. The molecule has 0 amide bonds. The van der Waals surface area contributed by atoms with Crippen LogP contribution in [0, 0.1) is 0 Å². The van der Waals surface area contributed by atoms with Crippen molar-refractivity contribution in [3.05, 3.63) is 27.8 Å². The predicted molar refractivity (Wildman–Crippen MR) is 68.6 cm³/mol. The number of nitrogens with two attached hydrogens (primary N) is 1. The molecule has 0 radical (unpaired) electrons. The Labute approximate surface area is 121 Å². The third-order valence-electron chi connectivity index (χ3n) is 3.01. The van der Waals surface area contributed by atoms with Crippen molar-refractivity contribution in [2.45, 2.75) is 24.4 Å². The van der Waals surface area contributed by atoms with Gasteiger partial charge in [-0.1, -0.05) is 11.6 Å². The van der Waals surface area contributed by atoms with E-state index in [1.165, 1.54) is 6.08 Å². The molecular formula is C11H11ClF3N3O3. The van der Waals surface area contributed by atoms with Gasteiger partial charge in [-0.05, 0) is 6.08 Å². The van der Waals surface area contributed by atoms with Gasteiger partial charge in [0.05, 0.1) is 6.61 Å². The zero-order valence-corrected chi connectivity index (χ0v) is 11.2. The van der Waals surface area contributed by atoms with E-state index in [4.69, 9.17) is 27.2 Å². The van der Waals surface area contributed by atoms with E-state index in [0.29, 0.717) is 4.57 Å². The minimum absolute atomic E-state index is 0.0897. The van der Waals surface area contributed by atoms with Crippen molar-refractivity contribution in [3.63, 3.8) is 0 Å². The van der Waals surface area contributed by atoms with E-state index in [2.05, 4.69) is 4.98 Å². The Morgan fingerprint density at radius 2 is 2.29 bits per heavy atom. The number of aromatic nitrogens is 2. The summed E-state index contributed by atoms with van der Waals surface area (Å²) in [6.07, 6.45) is -4.55. The summed E-state index contributed by atoms with van der Waals surface area (Å²) in [5.74, 6) is -4.22. The number of halogens is 4. The molecule has 1 fully saturated rings. The molecule has 1 aliphatic heterocycles. The van der Waals surface area contributed by atoms with Gasteiger partial charge in [0.2, 0.25) is 6.23 Å². The lowest BCUT2D eigenvalue weighted by molar-refractivity contribution is -0.130. The number of hydrogen-bond acceptors (Lipinski definition) is 5. The summed E-state index contributed by atoms with van der Waals surface area (Å²) in [6.45, 7) is -0.946. The van der Waals surface area contributed by atoms with E-state index < -0.39 is 36.7 Å². The van der Waals surface area contributed by atoms with Crippen LogP contribution >= 0.6 is 11.6 Å². The van der Waals surface area contributed by atoms with Crippen LogP contribution in [0.2, 0.25) is 0 Å². The molecule has 0 bridgehead atoms. The molecule has 0 aliphatic carbocycles. The molecule has 1 aromatic rings. The van der Waals surface area contributed by atoms with Crippen LogP contribution in [0.25, 0.3) is 6.08 Å². The number of nitrogen functional groups attached to an aromatic ring is 1. The number of aliphatic hydroxyl groups is 1. The molecule has 0 aromatic carbocycles. The minimum atomic E-state index is -4.00. The zero-order valence-electron chi connectivity index (χ0n) is 10.4. The molecule has 3 unspecified atom stereocenters. The van der Waals surface area contributed by atoms with E-state index in [-0.39, 0.29) is 11.4 Å². The van der Waals surface area contributed by atoms with Crippen LogP contribution < -0.4 is 11.4 Å². The van der Waals surface area contributed by atoms with Gasteiger partial charge in [0.25, 0.3) is 0 Å². The summed E-state index contributed by atoms with van der Waals surface area (Å²) < 4.78 is 46.4. The number of aliphatic hydroxyl groups excluding tert-OH is 1. The van der Waals surface area contributed by atoms with Crippen LogP contribution in [-0.2, 0) is 4.74 Å². The first-order valence-corrected chi connectivity index (χ1v) is 6.20. The molecule has 6 nitrogen and oxygen atoms in total. The van der Waals surface area contributed by atoms with Gasteiger partial charge in [0, 0.05) is 17.3 Å². The number of alkyl halides is 3. The molecule has 0 saturated carbocycles. The van der Waals surface area contributed by atoms with Crippen molar-refractivity contribution in [2.75, 3.05) is 12.3 Å². The summed E-state index contributed by atoms with van der Waals surface area (Å²) in [5, 5.41) is 8.84. The fourth-order valence-corrected chi connectivity index (χ4v) is 2.09. The third-order valence-corrected chi connectivity index (χ3v) is 3.14. The summed E-state index contributed by atoms with van der Waals surface area (Å²) >= 11 is 5.36. The molecule has 10 heteroatoms. The highest BCUT2D eigenvalue weighted by molar-refractivity contribution is 6.27. The topological polar surface area (TPSA) is 90.4 Å². The van der Waals surface area contributed by atoms with E-state index in [0.717, 1.165) is 11.7 Å². The van der Waals surface area contributed by atoms with Crippen molar-refractivity contribution in [2.24, 2.45) is 0 Å². The second kappa shape index (κ2) is 5.66. The van der Waals surface area contributed by atoms with E-state index in [1.807, 2.05) is 0 Å². The molecule has 116 valence electrons. The molecule has 3 atom stereocenters. The summed E-state index contributed by atoms with van der Waals surface area (Å²) in [6, 6.07) is 0. The number of ether oxygens (including phenoxy) is 1. The SMILES string of the molecule is Nc1nc(=O)n(C2OC(CO)C(F)C2(F)F)cc1/C=C/Cl. The van der Waals surface area contributed by atoms with Crippen molar-refractivity contribution in [1.82, 2.24) is 9.55 Å². The Morgan fingerprint density at radius 3 is 2.81 bits per heavy atom. The first-order chi connectivity index (χ1) is 9.82. The van der Waals surface area contributed by atoms with Gasteiger partial charge in [-0.3, -0.25) is 4.57 Å². The average Bonchev–Trinajstić information content (AvgIpc) is 2.65. The van der Waals surface area contributed by atoms with Crippen molar-refractivity contribution in [1.29, 1.82) is 0 Å². The Balaban J connectivity index is 2.51. The first-order valence-electron chi connectivity index (χ1n) is 5.76.